The second-order valence-electron chi connectivity index (χ2n) is 5.40. The van der Waals surface area contributed by atoms with Gasteiger partial charge in [-0.25, -0.2) is 9.97 Å². The molecule has 0 saturated carbocycles. The fourth-order valence-electron chi connectivity index (χ4n) is 2.67. The Labute approximate surface area is 153 Å². The lowest BCUT2D eigenvalue weighted by molar-refractivity contribution is 0.0767. The van der Waals surface area contributed by atoms with Gasteiger partial charge in [0.2, 0.25) is 0 Å². The summed E-state index contributed by atoms with van der Waals surface area (Å²) in [6, 6.07) is 3.52. The smallest absolute Gasteiger partial charge is 0.254 e. The van der Waals surface area contributed by atoms with Crippen molar-refractivity contribution in [2.75, 3.05) is 37.3 Å². The van der Waals surface area contributed by atoms with E-state index in [0.717, 1.165) is 41.5 Å². The molecule has 0 spiro atoms. The largest absolute Gasteiger partial charge is 0.354 e. The molecule has 24 heavy (non-hydrogen) atoms. The molecule has 0 bridgehead atoms. The molecule has 8 heteroatoms. The molecule has 0 radical (unpaired) electrons. The maximum Gasteiger partial charge on any atom is 0.254 e. The number of halogens is 1. The van der Waals surface area contributed by atoms with Crippen molar-refractivity contribution in [2.45, 2.75) is 11.6 Å². The molecule has 6 nitrogen and oxygen atoms in total. The number of thioether (sulfide) groups is 1. The molecule has 2 aromatic rings. The Bertz CT molecular complexity index is 715. The molecular formula is C16H18BrN5OS. The minimum absolute atomic E-state index is 0.0609. The molecule has 1 aliphatic heterocycles. The van der Waals surface area contributed by atoms with Crippen molar-refractivity contribution in [3.05, 3.63) is 40.8 Å². The highest BCUT2D eigenvalue weighted by molar-refractivity contribution is 9.10. The summed E-state index contributed by atoms with van der Waals surface area (Å²) in [5.41, 5.74) is 0.686. The van der Waals surface area contributed by atoms with Gasteiger partial charge in [-0.3, -0.25) is 9.78 Å². The summed E-state index contributed by atoms with van der Waals surface area (Å²) in [6.07, 6.45) is 7.96. The van der Waals surface area contributed by atoms with Gasteiger partial charge in [-0.05, 0) is 40.7 Å². The van der Waals surface area contributed by atoms with E-state index in [1.807, 2.05) is 11.2 Å². The Kier molecular flexibility index (Phi) is 5.68. The summed E-state index contributed by atoms with van der Waals surface area (Å²) in [5.74, 6) is 0.957. The first-order valence-electron chi connectivity index (χ1n) is 7.70. The number of carbonyl (C=O) groups excluding carboxylic acids is 1. The standard InChI is InChI=1S/C16H18BrN5OS/c1-24-16-19-11-13(17)14(20-16)21-7-2-8-22(10-9-21)15(23)12-3-5-18-6-4-12/h3-6,11H,2,7-10H2,1H3. The van der Waals surface area contributed by atoms with Gasteiger partial charge in [-0.2, -0.15) is 0 Å². The Hall–Kier alpha value is -1.67. The van der Waals surface area contributed by atoms with Crippen LogP contribution >= 0.6 is 27.7 Å². The van der Waals surface area contributed by atoms with E-state index < -0.39 is 0 Å². The molecule has 0 atom stereocenters. The van der Waals surface area contributed by atoms with Crippen molar-refractivity contribution in [1.82, 2.24) is 19.9 Å². The lowest BCUT2D eigenvalue weighted by Crippen LogP contribution is -2.35. The molecule has 1 fully saturated rings. The van der Waals surface area contributed by atoms with Crippen molar-refractivity contribution < 1.29 is 4.79 Å². The third-order valence-corrected chi connectivity index (χ3v) is 5.02. The van der Waals surface area contributed by atoms with Gasteiger partial charge in [0, 0.05) is 50.3 Å². The molecule has 1 aliphatic rings. The topological polar surface area (TPSA) is 62.2 Å². The van der Waals surface area contributed by atoms with Gasteiger partial charge in [0.05, 0.1) is 4.47 Å². The van der Waals surface area contributed by atoms with E-state index in [1.54, 1.807) is 30.7 Å². The van der Waals surface area contributed by atoms with E-state index in [2.05, 4.69) is 35.8 Å². The van der Waals surface area contributed by atoms with Crippen LogP contribution in [-0.2, 0) is 0 Å². The van der Waals surface area contributed by atoms with Gasteiger partial charge in [0.15, 0.2) is 5.16 Å². The van der Waals surface area contributed by atoms with Gasteiger partial charge in [0.25, 0.3) is 5.91 Å². The van der Waals surface area contributed by atoms with E-state index in [0.29, 0.717) is 12.1 Å². The van der Waals surface area contributed by atoms with Crippen LogP contribution in [0.2, 0.25) is 0 Å². The molecule has 3 rings (SSSR count). The zero-order valence-electron chi connectivity index (χ0n) is 13.4. The van der Waals surface area contributed by atoms with Crippen molar-refractivity contribution in [2.24, 2.45) is 0 Å². The molecule has 0 aliphatic carbocycles. The van der Waals surface area contributed by atoms with Gasteiger partial charge in [0.1, 0.15) is 5.82 Å². The maximum atomic E-state index is 12.6. The highest BCUT2D eigenvalue weighted by atomic mass is 79.9. The van der Waals surface area contributed by atoms with Gasteiger partial charge < -0.3 is 9.80 Å². The lowest BCUT2D eigenvalue weighted by atomic mass is 10.2. The maximum absolute atomic E-state index is 12.6. The van der Waals surface area contributed by atoms with E-state index in [9.17, 15) is 4.79 Å². The lowest BCUT2D eigenvalue weighted by Gasteiger charge is -2.23. The van der Waals surface area contributed by atoms with E-state index in [1.165, 1.54) is 11.8 Å². The summed E-state index contributed by atoms with van der Waals surface area (Å²) in [4.78, 5) is 29.6. The number of aromatic nitrogens is 3. The molecule has 126 valence electrons. The van der Waals surface area contributed by atoms with Crippen LogP contribution in [0.3, 0.4) is 0 Å². The molecule has 1 saturated heterocycles. The first-order chi connectivity index (χ1) is 11.7. The van der Waals surface area contributed by atoms with Gasteiger partial charge >= 0.3 is 0 Å². The van der Waals surface area contributed by atoms with Crippen LogP contribution in [0.15, 0.2) is 40.4 Å². The quantitative estimate of drug-likeness (QED) is 0.575. The Balaban J connectivity index is 1.72. The predicted octanol–water partition coefficient (Wildman–Crippen LogP) is 2.71. The SMILES string of the molecule is CSc1ncc(Br)c(N2CCCN(C(=O)c3ccncc3)CC2)n1. The zero-order valence-corrected chi connectivity index (χ0v) is 15.8. The number of hydrogen-bond donors (Lipinski definition) is 0. The fraction of sp³-hybridized carbons (Fsp3) is 0.375. The highest BCUT2D eigenvalue weighted by Crippen LogP contribution is 2.26. The van der Waals surface area contributed by atoms with Crippen LogP contribution in [-0.4, -0.2) is 58.2 Å². The van der Waals surface area contributed by atoms with Crippen LogP contribution in [0.1, 0.15) is 16.8 Å². The normalized spacial score (nSPS) is 15.2. The minimum atomic E-state index is 0.0609. The van der Waals surface area contributed by atoms with Crippen molar-refractivity contribution in [3.8, 4) is 0 Å². The first-order valence-corrected chi connectivity index (χ1v) is 9.71. The number of anilines is 1. The number of nitrogens with zero attached hydrogens (tertiary/aromatic N) is 5. The second-order valence-corrected chi connectivity index (χ2v) is 7.02. The van der Waals surface area contributed by atoms with E-state index in [-0.39, 0.29) is 5.91 Å². The Morgan fingerprint density at radius 1 is 1.21 bits per heavy atom. The van der Waals surface area contributed by atoms with Crippen molar-refractivity contribution in [1.29, 1.82) is 0 Å². The van der Waals surface area contributed by atoms with Crippen molar-refractivity contribution >= 4 is 39.4 Å². The zero-order chi connectivity index (χ0) is 16.9. The summed E-state index contributed by atoms with van der Waals surface area (Å²) in [5, 5.41) is 0.752. The predicted molar refractivity (Wildman–Crippen MR) is 98.5 cm³/mol. The van der Waals surface area contributed by atoms with Crippen LogP contribution < -0.4 is 4.90 Å². The monoisotopic (exact) mass is 407 g/mol. The molecule has 0 unspecified atom stereocenters. The molecule has 2 aromatic heterocycles. The molecule has 0 aromatic carbocycles. The first kappa shape index (κ1) is 17.2. The van der Waals surface area contributed by atoms with E-state index >= 15 is 0 Å². The summed E-state index contributed by atoms with van der Waals surface area (Å²) in [6.45, 7) is 3.03. The molecule has 1 amide bonds. The van der Waals surface area contributed by atoms with Crippen LogP contribution in [0.4, 0.5) is 5.82 Å². The molecule has 0 N–H and O–H groups in total. The average Bonchev–Trinajstić information content (AvgIpc) is 2.88. The average molecular weight is 408 g/mol. The summed E-state index contributed by atoms with van der Waals surface area (Å²) < 4.78 is 0.884. The van der Waals surface area contributed by atoms with Crippen LogP contribution in [0, 0.1) is 0 Å². The number of rotatable bonds is 3. The minimum Gasteiger partial charge on any atom is -0.354 e. The van der Waals surface area contributed by atoms with Crippen LogP contribution in [0.5, 0.6) is 0 Å². The summed E-state index contributed by atoms with van der Waals surface area (Å²) >= 11 is 5.06. The third-order valence-electron chi connectivity index (χ3n) is 3.90. The Morgan fingerprint density at radius 3 is 2.75 bits per heavy atom. The van der Waals surface area contributed by atoms with Gasteiger partial charge in [-0.15, -0.1) is 0 Å². The summed E-state index contributed by atoms with van der Waals surface area (Å²) in [7, 11) is 0. The van der Waals surface area contributed by atoms with Gasteiger partial charge in [-0.1, -0.05) is 11.8 Å². The Morgan fingerprint density at radius 2 is 2.00 bits per heavy atom. The fourth-order valence-corrected chi connectivity index (χ4v) is 3.45. The molecular weight excluding hydrogens is 390 g/mol. The highest BCUT2D eigenvalue weighted by Gasteiger charge is 2.22. The van der Waals surface area contributed by atoms with Crippen molar-refractivity contribution in [3.63, 3.8) is 0 Å². The molecule has 3 heterocycles. The van der Waals surface area contributed by atoms with E-state index in [4.69, 9.17) is 0 Å². The number of amides is 1. The number of pyridine rings is 1. The number of hydrogen-bond acceptors (Lipinski definition) is 6. The third kappa shape index (κ3) is 3.87. The number of carbonyl (C=O) groups is 1. The van der Waals surface area contributed by atoms with Crippen LogP contribution in [0.25, 0.3) is 0 Å². The second kappa shape index (κ2) is 7.94.